The number of ether oxygens (including phenoxy) is 1. The van der Waals surface area contributed by atoms with Crippen LogP contribution in [0.4, 0.5) is 4.39 Å². The Hall–Kier alpha value is -2.34. The number of benzene rings is 1. The lowest BCUT2D eigenvalue weighted by molar-refractivity contribution is -0.122. The molecule has 1 aromatic carbocycles. The highest BCUT2D eigenvalue weighted by Gasteiger charge is 2.28. The van der Waals surface area contributed by atoms with Crippen molar-refractivity contribution in [1.82, 2.24) is 5.32 Å². The molecule has 0 spiro atoms. The Bertz CT molecular complexity index is 724. The maximum absolute atomic E-state index is 13.4. The maximum Gasteiger partial charge on any atom is 0.220 e. The van der Waals surface area contributed by atoms with Gasteiger partial charge in [0.1, 0.15) is 17.1 Å². The molecule has 0 saturated heterocycles. The van der Waals surface area contributed by atoms with Gasteiger partial charge in [0.25, 0.3) is 0 Å². The van der Waals surface area contributed by atoms with E-state index in [4.69, 9.17) is 9.15 Å². The van der Waals surface area contributed by atoms with Crippen LogP contribution in [0.25, 0.3) is 0 Å². The first-order valence-corrected chi connectivity index (χ1v) is 8.23. The normalized spacial score (nSPS) is 13.3. The largest absolute Gasteiger partial charge is 0.491 e. The van der Waals surface area contributed by atoms with Crippen LogP contribution >= 0.6 is 0 Å². The number of carbonyl (C=O) groups is 1. The quantitative estimate of drug-likeness (QED) is 0.718. The zero-order valence-corrected chi connectivity index (χ0v) is 14.8. The van der Waals surface area contributed by atoms with Crippen molar-refractivity contribution in [2.24, 2.45) is 0 Å². The minimum Gasteiger partial charge on any atom is -0.491 e. The summed E-state index contributed by atoms with van der Waals surface area (Å²) in [7, 11) is 0. The van der Waals surface area contributed by atoms with Gasteiger partial charge in [0, 0.05) is 12.0 Å². The van der Waals surface area contributed by atoms with Gasteiger partial charge in [-0.1, -0.05) is 12.1 Å². The summed E-state index contributed by atoms with van der Waals surface area (Å²) in [5.74, 6) is 0.903. The second-order valence-corrected chi connectivity index (χ2v) is 6.26. The molecule has 1 amide bonds. The molecule has 1 heterocycles. The molecule has 0 aliphatic heterocycles. The number of aliphatic hydroxyl groups is 1. The Kier molecular flexibility index (Phi) is 6.20. The van der Waals surface area contributed by atoms with Crippen LogP contribution in [-0.4, -0.2) is 24.2 Å². The molecule has 0 bridgehead atoms. The fourth-order valence-electron chi connectivity index (χ4n) is 2.60. The first kappa shape index (κ1) is 19.0. The lowest BCUT2D eigenvalue weighted by atomic mass is 9.96. The number of aryl methyl sites for hydroxylation is 2. The molecule has 6 heteroatoms. The minimum atomic E-state index is -1.21. The van der Waals surface area contributed by atoms with Gasteiger partial charge in [0.15, 0.2) is 11.6 Å². The van der Waals surface area contributed by atoms with E-state index in [1.807, 2.05) is 0 Å². The van der Waals surface area contributed by atoms with Crippen LogP contribution in [0.2, 0.25) is 0 Å². The highest BCUT2D eigenvalue weighted by atomic mass is 19.1. The average Bonchev–Trinajstić information content (AvgIpc) is 2.90. The molecule has 0 saturated carbocycles. The summed E-state index contributed by atoms with van der Waals surface area (Å²) in [6.45, 7) is 5.54. The van der Waals surface area contributed by atoms with Crippen LogP contribution in [0.15, 0.2) is 34.7 Å². The predicted molar refractivity (Wildman–Crippen MR) is 91.9 cm³/mol. The van der Waals surface area contributed by atoms with Crippen LogP contribution in [0.5, 0.6) is 5.75 Å². The van der Waals surface area contributed by atoms with Crippen molar-refractivity contribution in [3.8, 4) is 5.75 Å². The van der Waals surface area contributed by atoms with Gasteiger partial charge in [0.2, 0.25) is 5.91 Å². The van der Waals surface area contributed by atoms with E-state index in [1.54, 1.807) is 45.0 Å². The van der Waals surface area contributed by atoms with Crippen molar-refractivity contribution in [3.05, 3.63) is 53.2 Å². The summed E-state index contributed by atoms with van der Waals surface area (Å²) in [4.78, 5) is 11.9. The highest BCUT2D eigenvalue weighted by Crippen LogP contribution is 2.26. The summed E-state index contributed by atoms with van der Waals surface area (Å²) >= 11 is 0. The molecule has 0 fully saturated rings. The summed E-state index contributed by atoms with van der Waals surface area (Å²) in [6.07, 6.45) is 0.681. The van der Waals surface area contributed by atoms with Crippen molar-refractivity contribution >= 4 is 5.91 Å². The number of carbonyl (C=O) groups excluding carboxylic acids is 1. The van der Waals surface area contributed by atoms with Crippen molar-refractivity contribution in [3.63, 3.8) is 0 Å². The van der Waals surface area contributed by atoms with Crippen molar-refractivity contribution < 1.29 is 23.4 Å². The third-order valence-corrected chi connectivity index (χ3v) is 3.89. The molecule has 2 rings (SSSR count). The van der Waals surface area contributed by atoms with Gasteiger partial charge in [0.05, 0.1) is 13.2 Å². The predicted octanol–water partition coefficient (Wildman–Crippen LogP) is 3.22. The molecule has 5 nitrogen and oxygen atoms in total. The first-order valence-electron chi connectivity index (χ1n) is 8.23. The van der Waals surface area contributed by atoms with E-state index in [0.717, 1.165) is 0 Å². The molecular weight excluding hydrogens is 325 g/mol. The number of nitrogens with one attached hydrogen (secondary N) is 1. The number of hydrogen-bond donors (Lipinski definition) is 2. The Balaban J connectivity index is 1.73. The van der Waals surface area contributed by atoms with Crippen LogP contribution in [0.1, 0.15) is 36.8 Å². The highest BCUT2D eigenvalue weighted by molar-refractivity contribution is 5.75. The molecule has 1 atom stereocenters. The molecule has 2 aromatic rings. The second-order valence-electron chi connectivity index (χ2n) is 6.26. The van der Waals surface area contributed by atoms with E-state index in [2.05, 4.69) is 5.32 Å². The summed E-state index contributed by atoms with van der Waals surface area (Å²) in [5, 5.41) is 13.2. The van der Waals surface area contributed by atoms with Crippen molar-refractivity contribution in [1.29, 1.82) is 0 Å². The molecule has 0 aliphatic carbocycles. The number of amides is 1. The van der Waals surface area contributed by atoms with Crippen molar-refractivity contribution in [2.75, 3.05) is 13.2 Å². The minimum absolute atomic E-state index is 0.0832. The maximum atomic E-state index is 13.4. The molecular formula is C19H24FNO4. The van der Waals surface area contributed by atoms with E-state index < -0.39 is 11.4 Å². The smallest absolute Gasteiger partial charge is 0.220 e. The Morgan fingerprint density at radius 2 is 2.08 bits per heavy atom. The van der Waals surface area contributed by atoms with Gasteiger partial charge in [-0.3, -0.25) is 4.79 Å². The van der Waals surface area contributed by atoms with Crippen LogP contribution in [0.3, 0.4) is 0 Å². The molecule has 0 radical (unpaired) electrons. The number of halogens is 1. The topological polar surface area (TPSA) is 71.7 Å². The fraction of sp³-hybridized carbons (Fsp3) is 0.421. The lowest BCUT2D eigenvalue weighted by Gasteiger charge is -2.23. The van der Waals surface area contributed by atoms with E-state index in [0.29, 0.717) is 23.5 Å². The van der Waals surface area contributed by atoms with Crippen LogP contribution in [-0.2, 0) is 10.4 Å². The average molecular weight is 349 g/mol. The van der Waals surface area contributed by atoms with E-state index in [1.165, 1.54) is 6.07 Å². The van der Waals surface area contributed by atoms with Crippen LogP contribution in [0, 0.1) is 19.7 Å². The molecule has 1 unspecified atom stereocenters. The third kappa shape index (κ3) is 5.32. The zero-order chi connectivity index (χ0) is 18.4. The second kappa shape index (κ2) is 8.16. The monoisotopic (exact) mass is 349 g/mol. The molecule has 2 N–H and O–H groups in total. The van der Waals surface area contributed by atoms with Gasteiger partial charge >= 0.3 is 0 Å². The summed E-state index contributed by atoms with van der Waals surface area (Å²) in [5.41, 5.74) is -0.547. The summed E-state index contributed by atoms with van der Waals surface area (Å²) in [6, 6.07) is 7.91. The lowest BCUT2D eigenvalue weighted by Crippen LogP contribution is -2.38. The van der Waals surface area contributed by atoms with E-state index in [9.17, 15) is 14.3 Å². The van der Waals surface area contributed by atoms with Crippen LogP contribution < -0.4 is 10.1 Å². The molecule has 1 aromatic heterocycles. The fourth-order valence-corrected chi connectivity index (χ4v) is 2.60. The van der Waals surface area contributed by atoms with Gasteiger partial charge in [-0.25, -0.2) is 4.39 Å². The number of para-hydroxylation sites is 1. The van der Waals surface area contributed by atoms with Gasteiger partial charge in [-0.15, -0.1) is 0 Å². The first-order chi connectivity index (χ1) is 11.8. The van der Waals surface area contributed by atoms with E-state index in [-0.39, 0.29) is 31.2 Å². The van der Waals surface area contributed by atoms with Gasteiger partial charge in [-0.05, 0) is 45.4 Å². The Morgan fingerprint density at radius 3 is 2.72 bits per heavy atom. The number of furan rings is 1. The molecule has 0 aliphatic rings. The number of rotatable bonds is 8. The van der Waals surface area contributed by atoms with Gasteiger partial charge in [-0.2, -0.15) is 0 Å². The molecule has 25 heavy (non-hydrogen) atoms. The van der Waals surface area contributed by atoms with E-state index >= 15 is 0 Å². The third-order valence-electron chi connectivity index (χ3n) is 3.89. The van der Waals surface area contributed by atoms with Gasteiger partial charge < -0.3 is 19.6 Å². The standard InChI is InChI=1S/C19H24FNO4/c1-13-11-15(14(2)25-13)19(3,23)12-21-18(22)9-6-10-24-17-8-5-4-7-16(17)20/h4-5,7-8,11,23H,6,9-10,12H2,1-3H3,(H,21,22). The zero-order valence-electron chi connectivity index (χ0n) is 14.8. The summed E-state index contributed by atoms with van der Waals surface area (Å²) < 4.78 is 24.1. The van der Waals surface area contributed by atoms with Crippen molar-refractivity contribution in [2.45, 2.75) is 39.2 Å². The Labute approximate surface area is 146 Å². The SMILES string of the molecule is Cc1cc(C(C)(O)CNC(=O)CCCOc2ccccc2F)c(C)o1. The molecule has 136 valence electrons. The number of hydrogen-bond acceptors (Lipinski definition) is 4. The Morgan fingerprint density at radius 1 is 1.36 bits per heavy atom.